The van der Waals surface area contributed by atoms with Gasteiger partial charge in [-0.1, -0.05) is 54.6 Å². The highest BCUT2D eigenvalue weighted by molar-refractivity contribution is 6.24. The minimum absolute atomic E-state index is 0.0265. The number of ether oxygens (including phenoxy) is 1. The summed E-state index contributed by atoms with van der Waals surface area (Å²) in [4.78, 5) is 28.2. The Bertz CT molecular complexity index is 1280. The van der Waals surface area contributed by atoms with Crippen LogP contribution in [-0.4, -0.2) is 45.7 Å². The molecule has 4 atom stereocenters. The Kier molecular flexibility index (Phi) is 6.45. The molecule has 0 spiro atoms. The minimum Gasteiger partial charge on any atom is -0.504 e. The highest BCUT2D eigenvalue weighted by Gasteiger charge is 2.54. The smallest absolute Gasteiger partial charge is 0.254 e. The number of amides is 2. The number of para-hydroxylation sites is 2. The highest BCUT2D eigenvalue weighted by Crippen LogP contribution is 2.39. The Morgan fingerprint density at radius 2 is 1.64 bits per heavy atom. The summed E-state index contributed by atoms with van der Waals surface area (Å²) in [7, 11) is 0. The van der Waals surface area contributed by atoms with Crippen molar-refractivity contribution < 1.29 is 24.5 Å². The summed E-state index contributed by atoms with van der Waals surface area (Å²) < 4.78 is 5.49. The molecule has 1 fully saturated rings. The van der Waals surface area contributed by atoms with Crippen molar-refractivity contribution in [1.29, 1.82) is 0 Å². The van der Waals surface area contributed by atoms with Crippen LogP contribution >= 0.6 is 0 Å². The van der Waals surface area contributed by atoms with Gasteiger partial charge in [-0.3, -0.25) is 9.59 Å². The number of aliphatic hydroxyl groups is 1. The zero-order valence-electron chi connectivity index (χ0n) is 19.7. The molecule has 3 aromatic carbocycles. The van der Waals surface area contributed by atoms with Crippen molar-refractivity contribution in [2.24, 2.45) is 5.92 Å². The highest BCUT2D eigenvalue weighted by atomic mass is 16.5. The van der Waals surface area contributed by atoms with Crippen LogP contribution in [-0.2, 0) is 9.59 Å². The number of aromatic hydroxyl groups is 1. The normalized spacial score (nSPS) is 22.4. The molecule has 2 amide bonds. The standard InChI is InChI=1S/C28H27N3O5/c1-2-36-24-17-18(13-16-23(24)32)26(33)22-15-14-21-25(31(22)29-19-9-5-3-6-10-19)28(35)30(27(21)34)20-11-7-4-8-12-20/h3-17,21-22,25-26,29,32-33H,2H2,1H3. The molecular weight excluding hydrogens is 458 g/mol. The summed E-state index contributed by atoms with van der Waals surface area (Å²) in [6.45, 7) is 2.16. The Labute approximate surface area is 209 Å². The van der Waals surface area contributed by atoms with E-state index in [1.54, 1.807) is 60.5 Å². The average molecular weight is 486 g/mol. The van der Waals surface area contributed by atoms with Gasteiger partial charge in [-0.2, -0.15) is 0 Å². The van der Waals surface area contributed by atoms with E-state index in [0.29, 0.717) is 23.5 Å². The number of hydrogen-bond acceptors (Lipinski definition) is 7. The van der Waals surface area contributed by atoms with Gasteiger partial charge in [0.25, 0.3) is 5.91 Å². The summed E-state index contributed by atoms with van der Waals surface area (Å²) in [6, 6.07) is 21.2. The first-order valence-electron chi connectivity index (χ1n) is 11.8. The molecule has 5 rings (SSSR count). The number of phenolic OH excluding ortho intramolecular Hbond substituents is 1. The van der Waals surface area contributed by atoms with Gasteiger partial charge in [-0.25, -0.2) is 9.91 Å². The SMILES string of the molecule is CCOc1cc(C(O)C2C=CC3C(=O)N(c4ccccc4)C(=O)C3N2Nc2ccccc2)ccc1O. The van der Waals surface area contributed by atoms with Crippen LogP contribution in [0.5, 0.6) is 11.5 Å². The van der Waals surface area contributed by atoms with Gasteiger partial charge in [-0.05, 0) is 48.9 Å². The van der Waals surface area contributed by atoms with E-state index in [2.05, 4.69) is 5.43 Å². The van der Waals surface area contributed by atoms with Gasteiger partial charge in [-0.15, -0.1) is 0 Å². The van der Waals surface area contributed by atoms with Gasteiger partial charge in [0.1, 0.15) is 12.1 Å². The third kappa shape index (κ3) is 4.21. The number of anilines is 2. The number of carbonyl (C=O) groups is 2. The lowest BCUT2D eigenvalue weighted by Gasteiger charge is -2.40. The van der Waals surface area contributed by atoms with E-state index in [1.807, 2.05) is 36.4 Å². The number of hydrazine groups is 1. The predicted octanol–water partition coefficient (Wildman–Crippen LogP) is 3.65. The molecule has 3 N–H and O–H groups in total. The van der Waals surface area contributed by atoms with Crippen molar-refractivity contribution in [3.8, 4) is 11.5 Å². The summed E-state index contributed by atoms with van der Waals surface area (Å²) in [6.07, 6.45) is 2.36. The van der Waals surface area contributed by atoms with Gasteiger partial charge in [0, 0.05) is 5.69 Å². The van der Waals surface area contributed by atoms with E-state index in [9.17, 15) is 19.8 Å². The molecule has 2 aliphatic rings. The number of fused-ring (bicyclic) bond motifs is 1. The molecule has 1 saturated heterocycles. The quantitative estimate of drug-likeness (QED) is 0.347. The van der Waals surface area contributed by atoms with E-state index in [4.69, 9.17) is 4.74 Å². The fraction of sp³-hybridized carbons (Fsp3) is 0.214. The van der Waals surface area contributed by atoms with Gasteiger partial charge >= 0.3 is 0 Å². The predicted molar refractivity (Wildman–Crippen MR) is 135 cm³/mol. The number of benzene rings is 3. The summed E-state index contributed by atoms with van der Waals surface area (Å²) >= 11 is 0. The van der Waals surface area contributed by atoms with Crippen molar-refractivity contribution in [3.05, 3.63) is 96.6 Å². The van der Waals surface area contributed by atoms with Crippen LogP contribution in [0.15, 0.2) is 91.0 Å². The zero-order chi connectivity index (χ0) is 25.2. The van der Waals surface area contributed by atoms with E-state index < -0.39 is 24.1 Å². The number of imide groups is 1. The number of carbonyl (C=O) groups excluding carboxylic acids is 2. The topological polar surface area (TPSA) is 102 Å². The largest absolute Gasteiger partial charge is 0.504 e. The van der Waals surface area contributed by atoms with Gasteiger partial charge in [0.2, 0.25) is 5.91 Å². The molecule has 3 aromatic rings. The van der Waals surface area contributed by atoms with Gasteiger partial charge < -0.3 is 20.4 Å². The molecule has 0 saturated carbocycles. The van der Waals surface area contributed by atoms with Crippen LogP contribution in [0.2, 0.25) is 0 Å². The van der Waals surface area contributed by atoms with Crippen molar-refractivity contribution in [2.45, 2.75) is 25.1 Å². The molecule has 8 heteroatoms. The number of nitrogens with zero attached hydrogens (tertiary/aromatic N) is 2. The Hall–Kier alpha value is -4.14. The molecule has 2 heterocycles. The number of aliphatic hydroxyl groups excluding tert-OH is 1. The third-order valence-electron chi connectivity index (χ3n) is 6.45. The zero-order valence-corrected chi connectivity index (χ0v) is 19.7. The van der Waals surface area contributed by atoms with Crippen LogP contribution in [0.3, 0.4) is 0 Å². The summed E-state index contributed by atoms with van der Waals surface area (Å²) in [5, 5.41) is 23.2. The maximum absolute atomic E-state index is 13.7. The number of rotatable bonds is 7. The van der Waals surface area contributed by atoms with Crippen molar-refractivity contribution in [1.82, 2.24) is 5.01 Å². The molecule has 4 unspecified atom stereocenters. The van der Waals surface area contributed by atoms with E-state index in [1.165, 1.54) is 11.0 Å². The molecule has 8 nitrogen and oxygen atoms in total. The third-order valence-corrected chi connectivity index (χ3v) is 6.45. The molecule has 0 bridgehead atoms. The lowest BCUT2D eigenvalue weighted by atomic mass is 9.90. The second kappa shape index (κ2) is 9.85. The lowest BCUT2D eigenvalue weighted by molar-refractivity contribution is -0.123. The van der Waals surface area contributed by atoms with Gasteiger partial charge in [0.05, 0.1) is 24.3 Å². The van der Waals surface area contributed by atoms with E-state index >= 15 is 0 Å². The van der Waals surface area contributed by atoms with Crippen molar-refractivity contribution in [3.63, 3.8) is 0 Å². The second-order valence-electron chi connectivity index (χ2n) is 8.68. The second-order valence-corrected chi connectivity index (χ2v) is 8.68. The molecule has 2 aliphatic heterocycles. The van der Waals surface area contributed by atoms with Crippen LogP contribution in [0.25, 0.3) is 0 Å². The van der Waals surface area contributed by atoms with Crippen LogP contribution in [0, 0.1) is 5.92 Å². The van der Waals surface area contributed by atoms with Crippen molar-refractivity contribution >= 4 is 23.2 Å². The lowest BCUT2D eigenvalue weighted by Crippen LogP contribution is -2.55. The molecular formula is C28H27N3O5. The Morgan fingerprint density at radius 1 is 0.944 bits per heavy atom. The molecule has 0 aliphatic carbocycles. The monoisotopic (exact) mass is 485 g/mol. The summed E-state index contributed by atoms with van der Waals surface area (Å²) in [5.74, 6) is -1.17. The van der Waals surface area contributed by atoms with Crippen LogP contribution < -0.4 is 15.1 Å². The maximum Gasteiger partial charge on any atom is 0.254 e. The molecule has 0 aromatic heterocycles. The first-order chi connectivity index (χ1) is 17.5. The number of nitrogens with one attached hydrogen (secondary N) is 1. The molecule has 184 valence electrons. The Morgan fingerprint density at radius 3 is 2.33 bits per heavy atom. The first-order valence-corrected chi connectivity index (χ1v) is 11.8. The maximum atomic E-state index is 13.7. The molecule has 0 radical (unpaired) electrons. The number of hydrogen-bond donors (Lipinski definition) is 3. The van der Waals surface area contributed by atoms with Crippen molar-refractivity contribution in [2.75, 3.05) is 16.9 Å². The molecule has 36 heavy (non-hydrogen) atoms. The average Bonchev–Trinajstić information content (AvgIpc) is 3.16. The Balaban J connectivity index is 1.53. The fourth-order valence-electron chi connectivity index (χ4n) is 4.75. The summed E-state index contributed by atoms with van der Waals surface area (Å²) in [5.41, 5.74) is 4.99. The van der Waals surface area contributed by atoms with Gasteiger partial charge in [0.15, 0.2) is 11.5 Å². The van der Waals surface area contributed by atoms with Crippen LogP contribution in [0.1, 0.15) is 18.6 Å². The van der Waals surface area contributed by atoms with E-state index in [-0.39, 0.29) is 23.3 Å². The number of phenols is 1. The fourth-order valence-corrected chi connectivity index (χ4v) is 4.75. The first kappa shape index (κ1) is 23.6. The van der Waals surface area contributed by atoms with E-state index in [0.717, 1.165) is 0 Å². The van der Waals surface area contributed by atoms with Crippen LogP contribution in [0.4, 0.5) is 11.4 Å². The minimum atomic E-state index is -1.09.